The van der Waals surface area contributed by atoms with Crippen LogP contribution in [-0.2, 0) is 0 Å². The standard InChI is InChI=1S/C14H11N5O2/c20-12-2-1-7-15-13(12)14(21)17-10-3-5-11(6-4-10)19-9-8-16-18-19/h1-9,20H,(H,17,21). The van der Waals surface area contributed by atoms with Crippen LogP contribution in [0.5, 0.6) is 5.75 Å². The molecule has 0 saturated heterocycles. The fourth-order valence-electron chi connectivity index (χ4n) is 1.81. The largest absolute Gasteiger partial charge is 0.505 e. The molecule has 2 N–H and O–H groups in total. The van der Waals surface area contributed by atoms with Gasteiger partial charge in [0.2, 0.25) is 0 Å². The lowest BCUT2D eigenvalue weighted by molar-refractivity contribution is 0.101. The molecule has 2 heterocycles. The van der Waals surface area contributed by atoms with Crippen molar-refractivity contribution in [2.24, 2.45) is 0 Å². The summed E-state index contributed by atoms with van der Waals surface area (Å²) in [4.78, 5) is 15.8. The van der Waals surface area contributed by atoms with Gasteiger partial charge in [-0.1, -0.05) is 5.21 Å². The summed E-state index contributed by atoms with van der Waals surface area (Å²) in [5, 5.41) is 19.8. The second-order valence-corrected chi connectivity index (χ2v) is 4.22. The maximum atomic E-state index is 12.0. The highest BCUT2D eigenvalue weighted by Gasteiger charge is 2.12. The third-order valence-corrected chi connectivity index (χ3v) is 2.81. The van der Waals surface area contributed by atoms with Crippen LogP contribution in [0.15, 0.2) is 55.0 Å². The minimum atomic E-state index is -0.471. The molecule has 2 aromatic heterocycles. The van der Waals surface area contributed by atoms with Gasteiger partial charge in [-0.15, -0.1) is 5.10 Å². The summed E-state index contributed by atoms with van der Waals surface area (Å²) in [6.45, 7) is 0. The summed E-state index contributed by atoms with van der Waals surface area (Å²) in [5.74, 6) is -0.629. The molecule has 104 valence electrons. The quantitative estimate of drug-likeness (QED) is 0.761. The third kappa shape index (κ3) is 2.71. The Hall–Kier alpha value is -3.22. The van der Waals surface area contributed by atoms with Gasteiger partial charge >= 0.3 is 0 Å². The highest BCUT2D eigenvalue weighted by Crippen LogP contribution is 2.16. The molecule has 0 unspecified atom stereocenters. The zero-order valence-corrected chi connectivity index (χ0v) is 10.8. The number of anilines is 1. The molecule has 0 aliphatic carbocycles. The average Bonchev–Trinajstić information content (AvgIpc) is 3.02. The van der Waals surface area contributed by atoms with E-state index in [0.29, 0.717) is 5.69 Å². The lowest BCUT2D eigenvalue weighted by Crippen LogP contribution is -2.13. The molecule has 0 atom stereocenters. The molecule has 3 aromatic rings. The Balaban J connectivity index is 1.77. The predicted octanol–water partition coefficient (Wildman–Crippen LogP) is 1.62. The molecular formula is C14H11N5O2. The first-order valence-electron chi connectivity index (χ1n) is 6.16. The van der Waals surface area contributed by atoms with Crippen LogP contribution in [0, 0.1) is 0 Å². The fourth-order valence-corrected chi connectivity index (χ4v) is 1.81. The summed E-state index contributed by atoms with van der Waals surface area (Å²) < 4.78 is 1.61. The van der Waals surface area contributed by atoms with Crippen LogP contribution in [0.4, 0.5) is 5.69 Å². The van der Waals surface area contributed by atoms with Crippen molar-refractivity contribution in [3.63, 3.8) is 0 Å². The lowest BCUT2D eigenvalue weighted by Gasteiger charge is -2.07. The molecule has 0 aliphatic rings. The summed E-state index contributed by atoms with van der Waals surface area (Å²) in [6.07, 6.45) is 4.75. The number of pyridine rings is 1. The van der Waals surface area contributed by atoms with Gasteiger partial charge in [-0.3, -0.25) is 4.79 Å². The van der Waals surface area contributed by atoms with Gasteiger partial charge in [0.15, 0.2) is 5.69 Å². The number of amides is 1. The molecule has 1 aromatic carbocycles. The number of nitrogens with one attached hydrogen (secondary N) is 1. The molecule has 0 radical (unpaired) electrons. The van der Waals surface area contributed by atoms with Crippen molar-refractivity contribution in [1.82, 2.24) is 20.0 Å². The van der Waals surface area contributed by atoms with Crippen molar-refractivity contribution in [1.29, 1.82) is 0 Å². The van der Waals surface area contributed by atoms with E-state index >= 15 is 0 Å². The first-order chi connectivity index (χ1) is 10.2. The van der Waals surface area contributed by atoms with Crippen LogP contribution < -0.4 is 5.32 Å². The maximum absolute atomic E-state index is 12.0. The van der Waals surface area contributed by atoms with Crippen molar-refractivity contribution < 1.29 is 9.90 Å². The van der Waals surface area contributed by atoms with Crippen molar-refractivity contribution in [3.05, 3.63) is 60.7 Å². The van der Waals surface area contributed by atoms with Crippen LogP contribution in [0.2, 0.25) is 0 Å². The molecule has 21 heavy (non-hydrogen) atoms. The van der Waals surface area contributed by atoms with Crippen molar-refractivity contribution >= 4 is 11.6 Å². The number of hydrogen-bond donors (Lipinski definition) is 2. The number of benzene rings is 1. The monoisotopic (exact) mass is 281 g/mol. The molecule has 3 rings (SSSR count). The fraction of sp³-hybridized carbons (Fsp3) is 0. The van der Waals surface area contributed by atoms with Crippen LogP contribution in [0.25, 0.3) is 5.69 Å². The first-order valence-corrected chi connectivity index (χ1v) is 6.16. The molecule has 0 spiro atoms. The molecule has 0 saturated carbocycles. The SMILES string of the molecule is O=C(Nc1ccc(-n2ccnn2)cc1)c1ncccc1O. The predicted molar refractivity (Wildman–Crippen MR) is 75.2 cm³/mol. The molecule has 7 nitrogen and oxygen atoms in total. The summed E-state index contributed by atoms with van der Waals surface area (Å²) in [5.41, 5.74) is 1.40. The minimum absolute atomic E-state index is 0.0159. The second-order valence-electron chi connectivity index (χ2n) is 4.22. The Morgan fingerprint density at radius 2 is 1.95 bits per heavy atom. The van der Waals surface area contributed by atoms with E-state index in [-0.39, 0.29) is 11.4 Å². The zero-order chi connectivity index (χ0) is 14.7. The molecule has 0 bridgehead atoms. The van der Waals surface area contributed by atoms with Crippen LogP contribution in [0.3, 0.4) is 0 Å². The lowest BCUT2D eigenvalue weighted by atomic mass is 10.2. The van der Waals surface area contributed by atoms with E-state index in [2.05, 4.69) is 20.6 Å². The number of rotatable bonds is 3. The van der Waals surface area contributed by atoms with E-state index in [0.717, 1.165) is 5.69 Å². The van der Waals surface area contributed by atoms with E-state index in [9.17, 15) is 9.90 Å². The highest BCUT2D eigenvalue weighted by molar-refractivity contribution is 6.04. The van der Waals surface area contributed by atoms with Crippen molar-refractivity contribution in [2.75, 3.05) is 5.32 Å². The summed E-state index contributed by atoms with van der Waals surface area (Å²) in [7, 11) is 0. The number of aromatic nitrogens is 4. The van der Waals surface area contributed by atoms with Crippen LogP contribution in [-0.4, -0.2) is 31.0 Å². The number of hydrogen-bond acceptors (Lipinski definition) is 5. The Labute approximate surface area is 119 Å². The van der Waals surface area contributed by atoms with Crippen LogP contribution >= 0.6 is 0 Å². The van der Waals surface area contributed by atoms with E-state index in [1.807, 2.05) is 0 Å². The van der Waals surface area contributed by atoms with Crippen molar-refractivity contribution in [3.8, 4) is 11.4 Å². The van der Waals surface area contributed by atoms with Gasteiger partial charge in [0.05, 0.1) is 18.1 Å². The third-order valence-electron chi connectivity index (χ3n) is 2.81. The molecule has 0 aliphatic heterocycles. The topological polar surface area (TPSA) is 92.9 Å². The van der Waals surface area contributed by atoms with Gasteiger partial charge in [0.25, 0.3) is 5.91 Å². The van der Waals surface area contributed by atoms with Crippen LogP contribution in [0.1, 0.15) is 10.5 Å². The average molecular weight is 281 g/mol. The summed E-state index contributed by atoms with van der Waals surface area (Å²) >= 11 is 0. The number of aromatic hydroxyl groups is 1. The van der Waals surface area contributed by atoms with E-state index in [1.54, 1.807) is 47.4 Å². The zero-order valence-electron chi connectivity index (χ0n) is 10.8. The van der Waals surface area contributed by atoms with Gasteiger partial charge in [-0.05, 0) is 36.4 Å². The number of carbonyl (C=O) groups excluding carboxylic acids is 1. The van der Waals surface area contributed by atoms with Gasteiger partial charge in [0.1, 0.15) is 5.75 Å². The van der Waals surface area contributed by atoms with E-state index in [4.69, 9.17) is 0 Å². The Kier molecular flexibility index (Phi) is 3.30. The minimum Gasteiger partial charge on any atom is -0.505 e. The smallest absolute Gasteiger partial charge is 0.278 e. The first kappa shape index (κ1) is 12.8. The summed E-state index contributed by atoms with van der Waals surface area (Å²) in [6, 6.07) is 10.0. The molecular weight excluding hydrogens is 270 g/mol. The second kappa shape index (κ2) is 5.41. The Bertz CT molecular complexity index is 753. The molecule has 0 fully saturated rings. The van der Waals surface area contributed by atoms with Crippen molar-refractivity contribution in [2.45, 2.75) is 0 Å². The Morgan fingerprint density at radius 3 is 2.62 bits per heavy atom. The van der Waals surface area contributed by atoms with E-state index < -0.39 is 5.91 Å². The van der Waals surface area contributed by atoms with Gasteiger partial charge in [-0.25, -0.2) is 9.67 Å². The highest BCUT2D eigenvalue weighted by atomic mass is 16.3. The van der Waals surface area contributed by atoms with Gasteiger partial charge < -0.3 is 10.4 Å². The molecule has 1 amide bonds. The van der Waals surface area contributed by atoms with E-state index in [1.165, 1.54) is 12.3 Å². The normalized spacial score (nSPS) is 10.3. The molecule has 7 heteroatoms. The number of nitrogens with zero attached hydrogens (tertiary/aromatic N) is 4. The number of carbonyl (C=O) groups is 1. The van der Waals surface area contributed by atoms with Gasteiger partial charge in [-0.2, -0.15) is 0 Å². The Morgan fingerprint density at radius 1 is 1.14 bits per heavy atom. The maximum Gasteiger partial charge on any atom is 0.278 e. The van der Waals surface area contributed by atoms with Gasteiger partial charge in [0, 0.05) is 11.9 Å².